The molecule has 0 aromatic heterocycles. The molecular formula is C16H25N3O. The lowest BCUT2D eigenvalue weighted by molar-refractivity contribution is -0.121. The fourth-order valence-electron chi connectivity index (χ4n) is 2.59. The molecule has 1 amide bonds. The molecule has 1 aliphatic rings. The molecule has 1 fully saturated rings. The van der Waals surface area contributed by atoms with Crippen molar-refractivity contribution in [1.82, 2.24) is 0 Å². The van der Waals surface area contributed by atoms with Gasteiger partial charge in [-0.15, -0.1) is 0 Å². The van der Waals surface area contributed by atoms with E-state index < -0.39 is 5.54 Å². The smallest absolute Gasteiger partial charge is 0.244 e. The molecule has 4 nitrogen and oxygen atoms in total. The van der Waals surface area contributed by atoms with E-state index in [9.17, 15) is 4.79 Å². The van der Waals surface area contributed by atoms with E-state index in [1.54, 1.807) is 0 Å². The van der Waals surface area contributed by atoms with E-state index in [0.29, 0.717) is 6.04 Å². The summed E-state index contributed by atoms with van der Waals surface area (Å²) in [7, 11) is 2.05. The molecule has 1 aliphatic carbocycles. The lowest BCUT2D eigenvalue weighted by atomic mass is 9.98. The zero-order chi connectivity index (χ0) is 14.8. The molecule has 0 radical (unpaired) electrons. The molecule has 4 heteroatoms. The predicted octanol–water partition coefficient (Wildman–Crippen LogP) is 2.74. The van der Waals surface area contributed by atoms with Gasteiger partial charge in [-0.05, 0) is 44.9 Å². The summed E-state index contributed by atoms with van der Waals surface area (Å²) in [4.78, 5) is 14.5. The van der Waals surface area contributed by atoms with Crippen LogP contribution in [0.4, 0.5) is 11.4 Å². The molecule has 110 valence electrons. The number of carbonyl (C=O) groups is 1. The van der Waals surface area contributed by atoms with Crippen LogP contribution in [-0.4, -0.2) is 24.5 Å². The number of carbonyl (C=O) groups excluding carboxylic acids is 1. The molecule has 0 saturated heterocycles. The lowest BCUT2D eigenvalue weighted by Gasteiger charge is -2.25. The fraction of sp³-hybridized carbons (Fsp3) is 0.562. The highest BCUT2D eigenvalue weighted by Gasteiger charge is 2.36. The molecule has 1 saturated carbocycles. The van der Waals surface area contributed by atoms with E-state index in [0.717, 1.165) is 37.1 Å². The van der Waals surface area contributed by atoms with Crippen molar-refractivity contribution < 1.29 is 4.79 Å². The Morgan fingerprint density at radius 2 is 2.00 bits per heavy atom. The molecule has 2 rings (SSSR count). The normalized spacial score (nSPS) is 17.2. The average molecular weight is 275 g/mol. The molecular weight excluding hydrogens is 250 g/mol. The predicted molar refractivity (Wildman–Crippen MR) is 84.0 cm³/mol. The molecule has 0 bridgehead atoms. The van der Waals surface area contributed by atoms with Gasteiger partial charge in [-0.25, -0.2) is 0 Å². The number of nitrogens with one attached hydrogen (secondary N) is 1. The summed E-state index contributed by atoms with van der Waals surface area (Å²) in [6.07, 6.45) is 3.65. The maximum atomic E-state index is 12.3. The van der Waals surface area contributed by atoms with Gasteiger partial charge >= 0.3 is 0 Å². The van der Waals surface area contributed by atoms with E-state index in [-0.39, 0.29) is 5.91 Å². The van der Waals surface area contributed by atoms with Crippen molar-refractivity contribution in [3.8, 4) is 0 Å². The molecule has 1 aromatic rings. The van der Waals surface area contributed by atoms with Crippen LogP contribution in [0.5, 0.6) is 0 Å². The van der Waals surface area contributed by atoms with Gasteiger partial charge in [0.2, 0.25) is 5.91 Å². The largest absolute Gasteiger partial charge is 0.372 e. The van der Waals surface area contributed by atoms with Crippen molar-refractivity contribution in [2.75, 3.05) is 17.3 Å². The Morgan fingerprint density at radius 3 is 2.60 bits per heavy atom. The number of hydrogen-bond acceptors (Lipinski definition) is 3. The minimum Gasteiger partial charge on any atom is -0.372 e. The second-order valence-corrected chi connectivity index (χ2v) is 6.07. The highest BCUT2D eigenvalue weighted by Crippen LogP contribution is 2.29. The monoisotopic (exact) mass is 275 g/mol. The number of nitrogens with two attached hydrogens (primary N) is 1. The molecule has 0 aliphatic heterocycles. The van der Waals surface area contributed by atoms with Crippen LogP contribution in [-0.2, 0) is 4.79 Å². The highest BCUT2D eigenvalue weighted by atomic mass is 16.2. The summed E-state index contributed by atoms with van der Waals surface area (Å²) in [6, 6.07) is 8.33. The second kappa shape index (κ2) is 5.83. The second-order valence-electron chi connectivity index (χ2n) is 6.07. The summed E-state index contributed by atoms with van der Waals surface area (Å²) >= 11 is 0. The number of rotatable bonds is 4. The van der Waals surface area contributed by atoms with E-state index in [1.165, 1.54) is 0 Å². The van der Waals surface area contributed by atoms with Crippen LogP contribution < -0.4 is 16.0 Å². The number of nitrogens with zero attached hydrogens (tertiary/aromatic N) is 1. The van der Waals surface area contributed by atoms with Crippen molar-refractivity contribution in [3.63, 3.8) is 0 Å². The summed E-state index contributed by atoms with van der Waals surface area (Å²) in [6.45, 7) is 4.28. The van der Waals surface area contributed by atoms with Gasteiger partial charge in [0.25, 0.3) is 0 Å². The third kappa shape index (κ3) is 3.12. The first kappa shape index (κ1) is 14.9. The molecule has 20 heavy (non-hydrogen) atoms. The van der Waals surface area contributed by atoms with Gasteiger partial charge in [0.05, 0.1) is 5.54 Å². The fourth-order valence-corrected chi connectivity index (χ4v) is 2.59. The van der Waals surface area contributed by atoms with Gasteiger partial charge in [-0.1, -0.05) is 18.9 Å². The van der Waals surface area contributed by atoms with Crippen molar-refractivity contribution in [2.24, 2.45) is 5.73 Å². The number of amides is 1. The van der Waals surface area contributed by atoms with Gasteiger partial charge in [-0.2, -0.15) is 0 Å². The van der Waals surface area contributed by atoms with E-state index in [2.05, 4.69) is 24.1 Å². The number of hydrogen-bond donors (Lipinski definition) is 2. The van der Waals surface area contributed by atoms with Crippen LogP contribution in [0.2, 0.25) is 0 Å². The van der Waals surface area contributed by atoms with Crippen LogP contribution in [0.15, 0.2) is 24.3 Å². The lowest BCUT2D eigenvalue weighted by Crippen LogP contribution is -2.48. The highest BCUT2D eigenvalue weighted by molar-refractivity contribution is 5.98. The summed E-state index contributed by atoms with van der Waals surface area (Å²) < 4.78 is 0. The zero-order valence-electron chi connectivity index (χ0n) is 12.6. The molecule has 0 unspecified atom stereocenters. The van der Waals surface area contributed by atoms with Crippen molar-refractivity contribution >= 4 is 17.3 Å². The molecule has 0 spiro atoms. The zero-order valence-corrected chi connectivity index (χ0v) is 12.6. The van der Waals surface area contributed by atoms with Crippen LogP contribution in [0, 0.1) is 0 Å². The van der Waals surface area contributed by atoms with Crippen LogP contribution in [0.1, 0.15) is 39.5 Å². The number of benzene rings is 1. The maximum Gasteiger partial charge on any atom is 0.244 e. The Kier molecular flexibility index (Phi) is 4.33. The Hall–Kier alpha value is -1.55. The third-order valence-electron chi connectivity index (χ3n) is 4.23. The summed E-state index contributed by atoms with van der Waals surface area (Å²) in [5.41, 5.74) is 7.40. The van der Waals surface area contributed by atoms with Crippen molar-refractivity contribution in [1.29, 1.82) is 0 Å². The Bertz CT molecular complexity index is 478. The van der Waals surface area contributed by atoms with E-state index in [1.807, 2.05) is 31.3 Å². The minimum absolute atomic E-state index is 0.0562. The molecule has 3 N–H and O–H groups in total. The topological polar surface area (TPSA) is 58.4 Å². The van der Waals surface area contributed by atoms with Gasteiger partial charge in [-0.3, -0.25) is 4.79 Å². The van der Waals surface area contributed by atoms with Crippen LogP contribution in [0.25, 0.3) is 0 Å². The molecule has 0 atom stereocenters. The minimum atomic E-state index is -0.681. The Balaban J connectivity index is 2.10. The Labute approximate surface area is 121 Å². The summed E-state index contributed by atoms with van der Waals surface area (Å²) in [5, 5.41) is 2.97. The average Bonchev–Trinajstić information content (AvgIpc) is 2.86. The standard InChI is InChI=1S/C16H25N3O/c1-12(2)19(3)14-8-6-7-13(11-14)18-15(20)16(17)9-4-5-10-16/h6-8,11-12H,4-5,9-10,17H2,1-3H3,(H,18,20). The van der Waals surface area contributed by atoms with Crippen LogP contribution in [0.3, 0.4) is 0 Å². The summed E-state index contributed by atoms with van der Waals surface area (Å²) in [5.74, 6) is -0.0562. The SMILES string of the molecule is CC(C)N(C)c1cccc(NC(=O)C2(N)CCCC2)c1. The van der Waals surface area contributed by atoms with Gasteiger partial charge in [0, 0.05) is 24.5 Å². The first-order valence-corrected chi connectivity index (χ1v) is 7.35. The van der Waals surface area contributed by atoms with E-state index >= 15 is 0 Å². The number of anilines is 2. The van der Waals surface area contributed by atoms with Gasteiger partial charge < -0.3 is 16.0 Å². The Morgan fingerprint density at radius 1 is 1.35 bits per heavy atom. The third-order valence-corrected chi connectivity index (χ3v) is 4.23. The first-order valence-electron chi connectivity index (χ1n) is 7.35. The van der Waals surface area contributed by atoms with Gasteiger partial charge in [0.1, 0.15) is 0 Å². The van der Waals surface area contributed by atoms with Crippen molar-refractivity contribution in [3.05, 3.63) is 24.3 Å². The quantitative estimate of drug-likeness (QED) is 0.888. The molecule has 0 heterocycles. The van der Waals surface area contributed by atoms with E-state index in [4.69, 9.17) is 5.73 Å². The van der Waals surface area contributed by atoms with Crippen molar-refractivity contribution in [2.45, 2.75) is 51.1 Å². The van der Waals surface area contributed by atoms with Crippen LogP contribution >= 0.6 is 0 Å². The van der Waals surface area contributed by atoms with Gasteiger partial charge in [0.15, 0.2) is 0 Å². The molecule has 1 aromatic carbocycles. The maximum absolute atomic E-state index is 12.3. The first-order chi connectivity index (χ1) is 9.42.